The number of fused-ring (bicyclic) bond motifs is 1. The summed E-state index contributed by atoms with van der Waals surface area (Å²) in [6.45, 7) is 1.75. The van der Waals surface area contributed by atoms with Gasteiger partial charge in [-0.25, -0.2) is 0 Å². The number of hydrogen-bond acceptors (Lipinski definition) is 6. The Labute approximate surface area is 173 Å². The highest BCUT2D eigenvalue weighted by molar-refractivity contribution is 8.01. The summed E-state index contributed by atoms with van der Waals surface area (Å²) in [7, 11) is 1.56. The van der Waals surface area contributed by atoms with Crippen LogP contribution in [0.4, 0.5) is 5.69 Å². The summed E-state index contributed by atoms with van der Waals surface area (Å²) < 4.78 is 10.5. The van der Waals surface area contributed by atoms with E-state index in [0.717, 1.165) is 16.1 Å². The van der Waals surface area contributed by atoms with Crippen molar-refractivity contribution < 1.29 is 23.9 Å². The van der Waals surface area contributed by atoms with E-state index in [0.29, 0.717) is 5.75 Å². The molecule has 2 amide bonds. The van der Waals surface area contributed by atoms with Gasteiger partial charge in [-0.3, -0.25) is 14.4 Å². The van der Waals surface area contributed by atoms with Crippen LogP contribution in [0, 0.1) is 0 Å². The van der Waals surface area contributed by atoms with Crippen LogP contribution < -0.4 is 15.4 Å². The van der Waals surface area contributed by atoms with E-state index in [1.54, 1.807) is 13.2 Å². The van der Waals surface area contributed by atoms with Crippen molar-refractivity contribution in [1.82, 2.24) is 5.32 Å². The molecule has 0 bridgehead atoms. The fourth-order valence-corrected chi connectivity index (χ4v) is 3.95. The molecule has 2 aromatic rings. The van der Waals surface area contributed by atoms with Gasteiger partial charge in [0.1, 0.15) is 5.75 Å². The molecular formula is C21H22N2O5S. The number of rotatable bonds is 7. The lowest BCUT2D eigenvalue weighted by molar-refractivity contribution is -0.155. The number of carbonyl (C=O) groups excluding carboxylic acids is 3. The molecule has 1 aliphatic rings. The molecule has 0 spiro atoms. The number of anilines is 1. The zero-order chi connectivity index (χ0) is 20.8. The van der Waals surface area contributed by atoms with Gasteiger partial charge in [0.05, 0.1) is 24.5 Å². The third-order valence-electron chi connectivity index (χ3n) is 4.38. The topological polar surface area (TPSA) is 93.7 Å². The monoisotopic (exact) mass is 414 g/mol. The Balaban J connectivity index is 1.50. The van der Waals surface area contributed by atoms with E-state index < -0.39 is 23.2 Å². The van der Waals surface area contributed by atoms with Crippen LogP contribution in [-0.2, 0) is 25.7 Å². The zero-order valence-corrected chi connectivity index (χ0v) is 17.0. The van der Waals surface area contributed by atoms with E-state index in [1.165, 1.54) is 18.7 Å². The van der Waals surface area contributed by atoms with Gasteiger partial charge < -0.3 is 20.1 Å². The molecule has 1 aliphatic heterocycles. The summed E-state index contributed by atoms with van der Waals surface area (Å²) in [6, 6.07) is 14.7. The van der Waals surface area contributed by atoms with Gasteiger partial charge in [-0.15, -0.1) is 11.8 Å². The third kappa shape index (κ3) is 5.29. The molecule has 0 fully saturated rings. The maximum Gasteiger partial charge on any atom is 0.308 e. The van der Waals surface area contributed by atoms with E-state index in [-0.39, 0.29) is 18.9 Å². The van der Waals surface area contributed by atoms with Gasteiger partial charge >= 0.3 is 5.97 Å². The number of esters is 1. The molecule has 0 unspecified atom stereocenters. The molecule has 152 valence electrons. The van der Waals surface area contributed by atoms with Crippen LogP contribution in [0.2, 0.25) is 0 Å². The minimum atomic E-state index is -0.971. The molecule has 0 saturated carbocycles. The van der Waals surface area contributed by atoms with Gasteiger partial charge in [0.2, 0.25) is 5.91 Å². The van der Waals surface area contributed by atoms with Crippen molar-refractivity contribution in [2.24, 2.45) is 0 Å². The molecule has 2 atom stereocenters. The number of ether oxygens (including phenoxy) is 2. The smallest absolute Gasteiger partial charge is 0.308 e. The Morgan fingerprint density at radius 2 is 1.90 bits per heavy atom. The summed E-state index contributed by atoms with van der Waals surface area (Å²) in [6.07, 6.45) is -1.09. The lowest BCUT2D eigenvalue weighted by Crippen LogP contribution is -2.37. The molecule has 1 heterocycles. The highest BCUT2D eigenvalue weighted by Crippen LogP contribution is 2.36. The van der Waals surface area contributed by atoms with Crippen LogP contribution in [-0.4, -0.2) is 36.2 Å². The fraction of sp³-hybridized carbons (Fsp3) is 0.286. The molecule has 0 radical (unpaired) electrons. The first-order valence-corrected chi connectivity index (χ1v) is 10.0. The zero-order valence-electron chi connectivity index (χ0n) is 16.1. The van der Waals surface area contributed by atoms with Crippen molar-refractivity contribution in [2.75, 3.05) is 12.4 Å². The number of carbonyl (C=O) groups is 3. The summed E-state index contributed by atoms with van der Waals surface area (Å²) in [5, 5.41) is 4.91. The first-order chi connectivity index (χ1) is 14.0. The maximum absolute atomic E-state index is 12.3. The van der Waals surface area contributed by atoms with Gasteiger partial charge in [-0.05, 0) is 25.1 Å². The molecular weight excluding hydrogens is 392 g/mol. The average Bonchev–Trinajstić information content (AvgIpc) is 2.72. The van der Waals surface area contributed by atoms with Crippen LogP contribution in [0.5, 0.6) is 5.75 Å². The molecule has 8 heteroatoms. The van der Waals surface area contributed by atoms with Crippen molar-refractivity contribution in [1.29, 1.82) is 0 Å². The average molecular weight is 414 g/mol. The number of methoxy groups -OCH3 is 1. The van der Waals surface area contributed by atoms with Gasteiger partial charge in [-0.1, -0.05) is 30.3 Å². The van der Waals surface area contributed by atoms with Crippen LogP contribution in [0.15, 0.2) is 53.4 Å². The number of benzene rings is 2. The molecule has 7 nitrogen and oxygen atoms in total. The van der Waals surface area contributed by atoms with Crippen LogP contribution in [0.1, 0.15) is 18.9 Å². The number of thioether (sulfide) groups is 1. The van der Waals surface area contributed by atoms with Crippen molar-refractivity contribution in [2.45, 2.75) is 36.1 Å². The summed E-state index contributed by atoms with van der Waals surface area (Å²) in [5.41, 5.74) is 1.55. The van der Waals surface area contributed by atoms with E-state index >= 15 is 0 Å². The second-order valence-electron chi connectivity index (χ2n) is 6.46. The normalized spacial score (nSPS) is 16.2. The number of para-hydroxylation sites is 2. The van der Waals surface area contributed by atoms with Crippen molar-refractivity contribution in [3.63, 3.8) is 0 Å². The van der Waals surface area contributed by atoms with Crippen LogP contribution in [0.3, 0.4) is 0 Å². The van der Waals surface area contributed by atoms with Crippen molar-refractivity contribution >= 4 is 35.2 Å². The molecule has 0 aromatic heterocycles. The number of amides is 2. The van der Waals surface area contributed by atoms with E-state index in [1.807, 2.05) is 42.5 Å². The first kappa shape index (κ1) is 20.7. The second-order valence-corrected chi connectivity index (χ2v) is 7.70. The van der Waals surface area contributed by atoms with Gasteiger partial charge in [0.25, 0.3) is 5.91 Å². The third-order valence-corrected chi connectivity index (χ3v) is 5.66. The highest BCUT2D eigenvalue weighted by Gasteiger charge is 2.30. The lowest BCUT2D eigenvalue weighted by Gasteiger charge is -2.23. The van der Waals surface area contributed by atoms with Crippen LogP contribution >= 0.6 is 11.8 Å². The predicted molar refractivity (Wildman–Crippen MR) is 110 cm³/mol. The highest BCUT2D eigenvalue weighted by atomic mass is 32.2. The summed E-state index contributed by atoms with van der Waals surface area (Å²) >= 11 is 1.31. The Morgan fingerprint density at radius 3 is 2.69 bits per heavy atom. The maximum atomic E-state index is 12.3. The van der Waals surface area contributed by atoms with Gasteiger partial charge in [0, 0.05) is 17.0 Å². The second kappa shape index (κ2) is 9.47. The van der Waals surface area contributed by atoms with Crippen LogP contribution in [0.25, 0.3) is 0 Å². The number of nitrogens with one attached hydrogen (secondary N) is 2. The summed E-state index contributed by atoms with van der Waals surface area (Å²) in [5.74, 6) is -0.607. The van der Waals surface area contributed by atoms with Gasteiger partial charge in [-0.2, -0.15) is 0 Å². The van der Waals surface area contributed by atoms with E-state index in [2.05, 4.69) is 10.6 Å². The Hall–Kier alpha value is -3.00. The largest absolute Gasteiger partial charge is 0.496 e. The minimum absolute atomic E-state index is 0.116. The Kier molecular flexibility index (Phi) is 6.77. The Bertz CT molecular complexity index is 917. The van der Waals surface area contributed by atoms with E-state index in [4.69, 9.17) is 9.47 Å². The molecule has 3 rings (SSSR count). The SMILES string of the molecule is COc1ccccc1CNC(=O)[C@@H](C)OC(=O)C[C@@H]1Sc2ccccc2NC1=O. The summed E-state index contributed by atoms with van der Waals surface area (Å²) in [4.78, 5) is 37.6. The molecule has 0 aliphatic carbocycles. The Morgan fingerprint density at radius 1 is 1.17 bits per heavy atom. The minimum Gasteiger partial charge on any atom is -0.496 e. The molecule has 29 heavy (non-hydrogen) atoms. The van der Waals surface area contributed by atoms with Gasteiger partial charge in [0.15, 0.2) is 6.10 Å². The molecule has 2 N–H and O–H groups in total. The lowest BCUT2D eigenvalue weighted by atomic mass is 10.2. The molecule has 2 aromatic carbocycles. The standard InChI is InChI=1S/C21H22N2O5S/c1-13(20(25)22-12-14-7-3-5-9-16(14)27-2)28-19(24)11-18-21(26)23-15-8-4-6-10-17(15)29-18/h3-10,13,18H,11-12H2,1-2H3,(H,22,25)(H,23,26)/t13-,18+/m1/s1. The van der Waals surface area contributed by atoms with Crippen molar-refractivity contribution in [3.8, 4) is 5.75 Å². The molecule has 0 saturated heterocycles. The predicted octanol–water partition coefficient (Wildman–Crippen LogP) is 2.75. The van der Waals surface area contributed by atoms with E-state index in [9.17, 15) is 14.4 Å². The first-order valence-electron chi connectivity index (χ1n) is 9.13. The quantitative estimate of drug-likeness (QED) is 0.677. The fourth-order valence-electron chi connectivity index (χ4n) is 2.85. The number of hydrogen-bond donors (Lipinski definition) is 2. The van der Waals surface area contributed by atoms with Crippen molar-refractivity contribution in [3.05, 3.63) is 54.1 Å².